The van der Waals surface area contributed by atoms with Crippen LogP contribution in [0.1, 0.15) is 63.0 Å². The van der Waals surface area contributed by atoms with Crippen LogP contribution < -0.4 is 0 Å². The molecule has 168 valence electrons. The minimum absolute atomic E-state index is 0.00302. The molecule has 0 bridgehead atoms. The lowest BCUT2D eigenvalue weighted by Gasteiger charge is -2.26. The van der Waals surface area contributed by atoms with Gasteiger partial charge in [-0.2, -0.15) is 0 Å². The molecular formula is C26H34O4S. The Kier molecular flexibility index (Phi) is 8.75. The fourth-order valence-corrected chi connectivity index (χ4v) is 4.43. The van der Waals surface area contributed by atoms with Gasteiger partial charge in [0.1, 0.15) is 11.7 Å². The predicted molar refractivity (Wildman–Crippen MR) is 126 cm³/mol. The van der Waals surface area contributed by atoms with Crippen molar-refractivity contribution in [3.63, 3.8) is 0 Å². The third-order valence-electron chi connectivity index (χ3n) is 4.74. The first-order valence-electron chi connectivity index (χ1n) is 10.7. The molecule has 0 aliphatic rings. The molecule has 3 atom stereocenters. The summed E-state index contributed by atoms with van der Waals surface area (Å²) < 4.78 is 11.2. The molecule has 31 heavy (non-hydrogen) atoms. The average molecular weight is 443 g/mol. The number of esters is 2. The highest BCUT2D eigenvalue weighted by molar-refractivity contribution is 7.99. The first kappa shape index (κ1) is 25.0. The Balaban J connectivity index is 2.13. The minimum atomic E-state index is -0.574. The normalized spacial score (nSPS) is 14.4. The van der Waals surface area contributed by atoms with Crippen molar-refractivity contribution < 1.29 is 19.1 Å². The van der Waals surface area contributed by atoms with E-state index in [0.29, 0.717) is 0 Å². The number of aryl methyl sites for hydroxylation is 2. The summed E-state index contributed by atoms with van der Waals surface area (Å²) in [7, 11) is 0. The first-order valence-corrected chi connectivity index (χ1v) is 11.6. The van der Waals surface area contributed by atoms with E-state index in [4.69, 9.17) is 9.47 Å². The molecular weight excluding hydrogens is 408 g/mol. The highest BCUT2D eigenvalue weighted by atomic mass is 32.2. The molecule has 0 saturated carbocycles. The van der Waals surface area contributed by atoms with E-state index < -0.39 is 17.5 Å². The maximum Gasteiger partial charge on any atom is 0.309 e. The smallest absolute Gasteiger partial charge is 0.309 e. The van der Waals surface area contributed by atoms with Crippen LogP contribution in [0.4, 0.5) is 0 Å². The molecule has 0 fully saturated rings. The average Bonchev–Trinajstić information content (AvgIpc) is 2.66. The Morgan fingerprint density at radius 1 is 1.00 bits per heavy atom. The molecule has 2 aromatic carbocycles. The Labute approximate surface area is 190 Å². The molecule has 0 aliphatic heterocycles. The van der Waals surface area contributed by atoms with Gasteiger partial charge in [0.25, 0.3) is 0 Å². The number of hydrogen-bond acceptors (Lipinski definition) is 5. The highest BCUT2D eigenvalue weighted by Gasteiger charge is 2.28. The van der Waals surface area contributed by atoms with Crippen LogP contribution in [0.15, 0.2) is 53.4 Å². The summed E-state index contributed by atoms with van der Waals surface area (Å²) >= 11 is 1.69. The van der Waals surface area contributed by atoms with Crippen LogP contribution in [0, 0.1) is 19.8 Å². The number of hydrogen-bond donors (Lipinski definition) is 0. The number of benzene rings is 2. The Hall–Kier alpha value is -2.27. The molecule has 0 unspecified atom stereocenters. The first-order chi connectivity index (χ1) is 14.5. The maximum atomic E-state index is 12.7. The largest absolute Gasteiger partial charge is 0.461 e. The van der Waals surface area contributed by atoms with E-state index in [2.05, 4.69) is 44.2 Å². The van der Waals surface area contributed by atoms with E-state index in [0.717, 1.165) is 10.5 Å². The van der Waals surface area contributed by atoms with Crippen LogP contribution in [0.25, 0.3) is 0 Å². The van der Waals surface area contributed by atoms with Crippen molar-refractivity contribution >= 4 is 23.7 Å². The van der Waals surface area contributed by atoms with Gasteiger partial charge >= 0.3 is 11.9 Å². The standard InChI is InChI=1S/C26H34O4S/c1-17-13-14-22(18(2)15-17)31-24(21-11-9-8-10-12-21)20(4)29-25(28)19(3)16-23(27)30-26(5,6)7/h8-15,19-20,24H,16H2,1-7H3/t19-,20+,24+/m1/s1. The van der Waals surface area contributed by atoms with Gasteiger partial charge in [-0.3, -0.25) is 9.59 Å². The number of thioether (sulfide) groups is 1. The second-order valence-corrected chi connectivity index (χ2v) is 10.2. The van der Waals surface area contributed by atoms with E-state index in [9.17, 15) is 9.59 Å². The topological polar surface area (TPSA) is 52.6 Å². The molecule has 0 saturated heterocycles. The summed E-state index contributed by atoms with van der Waals surface area (Å²) in [4.78, 5) is 26.0. The monoisotopic (exact) mass is 442 g/mol. The number of carbonyl (C=O) groups is 2. The maximum absolute atomic E-state index is 12.7. The quantitative estimate of drug-likeness (QED) is 0.348. The van der Waals surface area contributed by atoms with Crippen LogP contribution in [-0.2, 0) is 19.1 Å². The van der Waals surface area contributed by atoms with Crippen molar-refractivity contribution in [1.29, 1.82) is 0 Å². The number of rotatable bonds is 8. The van der Waals surface area contributed by atoms with Crippen molar-refractivity contribution in [1.82, 2.24) is 0 Å². The highest BCUT2D eigenvalue weighted by Crippen LogP contribution is 2.40. The summed E-state index contributed by atoms with van der Waals surface area (Å²) in [5.74, 6) is -1.35. The van der Waals surface area contributed by atoms with Crippen LogP contribution in [0.2, 0.25) is 0 Å². The van der Waals surface area contributed by atoms with Gasteiger partial charge in [-0.15, -0.1) is 11.8 Å². The fraction of sp³-hybridized carbons (Fsp3) is 0.462. The van der Waals surface area contributed by atoms with Gasteiger partial charge in [0.15, 0.2) is 0 Å². The zero-order valence-electron chi connectivity index (χ0n) is 19.6. The van der Waals surface area contributed by atoms with E-state index in [-0.39, 0.29) is 23.7 Å². The molecule has 0 aromatic heterocycles. The molecule has 0 heterocycles. The van der Waals surface area contributed by atoms with Gasteiger partial charge in [-0.25, -0.2) is 0 Å². The zero-order valence-corrected chi connectivity index (χ0v) is 20.4. The lowest BCUT2D eigenvalue weighted by molar-refractivity contribution is -0.163. The zero-order chi connectivity index (χ0) is 23.2. The van der Waals surface area contributed by atoms with Gasteiger partial charge < -0.3 is 9.47 Å². The van der Waals surface area contributed by atoms with E-state index in [1.807, 2.05) is 45.9 Å². The molecule has 4 nitrogen and oxygen atoms in total. The summed E-state index contributed by atoms with van der Waals surface area (Å²) in [6, 6.07) is 16.4. The lowest BCUT2D eigenvalue weighted by Crippen LogP contribution is -2.29. The van der Waals surface area contributed by atoms with E-state index in [1.54, 1.807) is 18.7 Å². The third kappa shape index (κ3) is 8.06. The Morgan fingerprint density at radius 2 is 1.65 bits per heavy atom. The minimum Gasteiger partial charge on any atom is -0.461 e. The van der Waals surface area contributed by atoms with Crippen molar-refractivity contribution in [2.45, 2.75) is 76.7 Å². The molecule has 0 N–H and O–H groups in total. The molecule has 0 amide bonds. The van der Waals surface area contributed by atoms with Crippen molar-refractivity contribution in [3.05, 3.63) is 65.2 Å². The summed E-state index contributed by atoms with van der Waals surface area (Å²) in [5, 5.41) is -0.0692. The van der Waals surface area contributed by atoms with Crippen LogP contribution >= 0.6 is 11.8 Å². The summed E-state index contributed by atoms with van der Waals surface area (Å²) in [5.41, 5.74) is 2.93. The van der Waals surface area contributed by atoms with Crippen molar-refractivity contribution in [2.75, 3.05) is 0 Å². The SMILES string of the molecule is Cc1ccc(S[C@H](c2ccccc2)[C@H](C)OC(=O)[C@H](C)CC(=O)OC(C)(C)C)c(C)c1. The molecule has 0 aliphatic carbocycles. The third-order valence-corrected chi connectivity index (χ3v) is 6.36. The number of carbonyl (C=O) groups excluding carboxylic acids is 2. The predicted octanol–water partition coefficient (Wildman–Crippen LogP) is 6.44. The van der Waals surface area contributed by atoms with Gasteiger partial charge in [-0.1, -0.05) is 55.0 Å². The molecule has 0 radical (unpaired) electrons. The molecule has 2 aromatic rings. The summed E-state index contributed by atoms with van der Waals surface area (Å²) in [6.07, 6.45) is -0.370. The van der Waals surface area contributed by atoms with Crippen LogP contribution in [0.3, 0.4) is 0 Å². The van der Waals surface area contributed by atoms with E-state index in [1.165, 1.54) is 11.1 Å². The Morgan fingerprint density at radius 3 is 2.23 bits per heavy atom. The van der Waals surface area contributed by atoms with Crippen LogP contribution in [-0.4, -0.2) is 23.6 Å². The van der Waals surface area contributed by atoms with E-state index >= 15 is 0 Å². The molecule has 2 rings (SSSR count). The van der Waals surface area contributed by atoms with Crippen molar-refractivity contribution in [3.8, 4) is 0 Å². The number of ether oxygens (including phenoxy) is 2. The van der Waals surface area contributed by atoms with Gasteiger partial charge in [0.2, 0.25) is 0 Å². The van der Waals surface area contributed by atoms with Crippen LogP contribution in [0.5, 0.6) is 0 Å². The fourth-order valence-electron chi connectivity index (χ4n) is 3.22. The lowest BCUT2D eigenvalue weighted by atomic mass is 10.1. The van der Waals surface area contributed by atoms with Gasteiger partial charge in [0, 0.05) is 4.90 Å². The second-order valence-electron chi connectivity index (χ2n) is 9.05. The summed E-state index contributed by atoms with van der Waals surface area (Å²) in [6.45, 7) is 13.2. The van der Waals surface area contributed by atoms with Gasteiger partial charge in [0.05, 0.1) is 17.6 Å². The van der Waals surface area contributed by atoms with Crippen molar-refractivity contribution in [2.24, 2.45) is 5.92 Å². The Bertz CT molecular complexity index is 886. The molecule has 5 heteroatoms. The molecule has 0 spiro atoms. The second kappa shape index (κ2) is 10.9. The van der Waals surface area contributed by atoms with Gasteiger partial charge in [-0.05, 0) is 58.7 Å².